The van der Waals surface area contributed by atoms with Crippen LogP contribution in [0.1, 0.15) is 30.4 Å². The van der Waals surface area contributed by atoms with E-state index in [2.05, 4.69) is 21.3 Å². The van der Waals surface area contributed by atoms with Crippen molar-refractivity contribution in [3.8, 4) is 0 Å². The maximum atomic E-state index is 12.1. The Labute approximate surface area is 167 Å². The van der Waals surface area contributed by atoms with Crippen LogP contribution >= 0.6 is 24.8 Å². The number of hydrogen-bond acceptors (Lipinski definition) is 4. The predicted molar refractivity (Wildman–Crippen MR) is 111 cm³/mol. The topological polar surface area (TPSA) is 71.2 Å². The number of nitrogens with zero attached hydrogens (tertiary/aromatic N) is 2. The van der Waals surface area contributed by atoms with Crippen LogP contribution in [0.25, 0.3) is 0 Å². The van der Waals surface area contributed by atoms with Gasteiger partial charge in [0, 0.05) is 37.9 Å². The molecule has 0 unspecified atom stereocenters. The van der Waals surface area contributed by atoms with Crippen LogP contribution < -0.4 is 16.0 Å². The number of nitrogens with two attached hydrogens (primary N) is 1. The van der Waals surface area contributed by atoms with Gasteiger partial charge in [0.25, 0.3) is 0 Å². The second kappa shape index (κ2) is 10.9. The van der Waals surface area contributed by atoms with Gasteiger partial charge in [-0.25, -0.2) is 4.98 Å². The summed E-state index contributed by atoms with van der Waals surface area (Å²) < 4.78 is 0. The number of amides is 1. The molecule has 26 heavy (non-hydrogen) atoms. The maximum Gasteiger partial charge on any atom is 0.220 e. The first-order chi connectivity index (χ1) is 11.7. The summed E-state index contributed by atoms with van der Waals surface area (Å²) in [5.74, 6) is 1.05. The molecule has 3 N–H and O–H groups in total. The summed E-state index contributed by atoms with van der Waals surface area (Å²) in [6.07, 6.45) is 5.38. The number of carbonyl (C=O) groups is 1. The number of rotatable bonds is 6. The summed E-state index contributed by atoms with van der Waals surface area (Å²) in [5, 5.41) is 2.98. The molecule has 1 fully saturated rings. The van der Waals surface area contributed by atoms with E-state index in [1.54, 1.807) is 0 Å². The fourth-order valence-electron chi connectivity index (χ4n) is 2.99. The molecule has 0 radical (unpaired) electrons. The number of benzene rings is 1. The van der Waals surface area contributed by atoms with E-state index in [9.17, 15) is 4.79 Å². The molecule has 1 aliphatic rings. The standard InChI is InChI=1S/C19H24N4O.2ClH/c20-17-6-2-1-5-16(17)7-8-19(24)22-14-15-9-10-21-18(13-15)23-11-3-4-12-23;;/h1-2,5-6,9-10,13H,3-4,7-8,11-12,14,20H2,(H,22,24);2*1H. The van der Waals surface area contributed by atoms with E-state index in [1.165, 1.54) is 12.8 Å². The Kier molecular flexibility index (Phi) is 9.24. The van der Waals surface area contributed by atoms with E-state index in [0.717, 1.165) is 35.7 Å². The van der Waals surface area contributed by atoms with Crippen molar-refractivity contribution >= 4 is 42.2 Å². The van der Waals surface area contributed by atoms with Gasteiger partial charge in [-0.15, -0.1) is 24.8 Å². The summed E-state index contributed by atoms with van der Waals surface area (Å²) in [4.78, 5) is 18.8. The van der Waals surface area contributed by atoms with E-state index in [-0.39, 0.29) is 30.7 Å². The second-order valence-corrected chi connectivity index (χ2v) is 6.19. The lowest BCUT2D eigenvalue weighted by Crippen LogP contribution is -2.24. The Morgan fingerprint density at radius 2 is 1.88 bits per heavy atom. The van der Waals surface area contributed by atoms with Crippen molar-refractivity contribution in [3.63, 3.8) is 0 Å². The molecule has 0 bridgehead atoms. The van der Waals surface area contributed by atoms with E-state index >= 15 is 0 Å². The zero-order chi connectivity index (χ0) is 16.8. The molecule has 7 heteroatoms. The lowest BCUT2D eigenvalue weighted by Gasteiger charge is -2.17. The van der Waals surface area contributed by atoms with Crippen molar-refractivity contribution in [1.29, 1.82) is 0 Å². The SMILES string of the molecule is Cl.Cl.Nc1ccccc1CCC(=O)NCc1ccnc(N2CCCC2)c1. The average Bonchev–Trinajstić information content (AvgIpc) is 3.14. The predicted octanol–water partition coefficient (Wildman–Crippen LogP) is 3.36. The molecule has 2 aromatic rings. The highest BCUT2D eigenvalue weighted by molar-refractivity contribution is 5.85. The van der Waals surface area contributed by atoms with Crippen LogP contribution in [-0.2, 0) is 17.8 Å². The van der Waals surface area contributed by atoms with Gasteiger partial charge in [0.2, 0.25) is 5.91 Å². The highest BCUT2D eigenvalue weighted by Crippen LogP contribution is 2.18. The zero-order valence-electron chi connectivity index (χ0n) is 14.7. The number of halogens is 2. The highest BCUT2D eigenvalue weighted by Gasteiger charge is 2.13. The summed E-state index contributed by atoms with van der Waals surface area (Å²) in [6.45, 7) is 2.68. The number of hydrogen-bond donors (Lipinski definition) is 2. The second-order valence-electron chi connectivity index (χ2n) is 6.19. The Balaban J connectivity index is 0.00000169. The number of para-hydroxylation sites is 1. The number of pyridine rings is 1. The number of carbonyl (C=O) groups excluding carboxylic acids is 1. The van der Waals surface area contributed by atoms with Gasteiger partial charge in [-0.1, -0.05) is 18.2 Å². The molecule has 0 aliphatic carbocycles. The van der Waals surface area contributed by atoms with Crippen LogP contribution in [0.3, 0.4) is 0 Å². The minimum Gasteiger partial charge on any atom is -0.399 e. The van der Waals surface area contributed by atoms with Gasteiger partial charge in [-0.05, 0) is 48.6 Å². The first-order valence-electron chi connectivity index (χ1n) is 8.52. The molecule has 1 aromatic heterocycles. The fraction of sp³-hybridized carbons (Fsp3) is 0.368. The number of aromatic nitrogens is 1. The minimum atomic E-state index is 0. The van der Waals surface area contributed by atoms with Crippen LogP contribution in [0, 0.1) is 0 Å². The number of nitrogens with one attached hydrogen (secondary N) is 1. The Bertz CT molecular complexity index is 705. The molecule has 2 heterocycles. The third kappa shape index (κ3) is 6.07. The van der Waals surface area contributed by atoms with E-state index in [1.807, 2.05) is 36.5 Å². The summed E-state index contributed by atoms with van der Waals surface area (Å²) in [7, 11) is 0. The normalized spacial score (nSPS) is 12.8. The number of nitrogen functional groups attached to an aromatic ring is 1. The Morgan fingerprint density at radius 3 is 2.62 bits per heavy atom. The monoisotopic (exact) mass is 396 g/mol. The molecule has 3 rings (SSSR count). The molecule has 1 amide bonds. The molecule has 1 aliphatic heterocycles. The molecule has 1 saturated heterocycles. The lowest BCUT2D eigenvalue weighted by molar-refractivity contribution is -0.121. The van der Waals surface area contributed by atoms with Gasteiger partial charge in [0.15, 0.2) is 0 Å². The smallest absolute Gasteiger partial charge is 0.220 e. The molecule has 0 spiro atoms. The van der Waals surface area contributed by atoms with Crippen LogP contribution in [0.5, 0.6) is 0 Å². The van der Waals surface area contributed by atoms with Crippen molar-refractivity contribution in [2.24, 2.45) is 0 Å². The van der Waals surface area contributed by atoms with Gasteiger partial charge in [0.05, 0.1) is 0 Å². The van der Waals surface area contributed by atoms with Gasteiger partial charge in [0.1, 0.15) is 5.82 Å². The molecule has 0 atom stereocenters. The average molecular weight is 397 g/mol. The van der Waals surface area contributed by atoms with Crippen LogP contribution in [0.4, 0.5) is 11.5 Å². The molecule has 142 valence electrons. The van der Waals surface area contributed by atoms with Gasteiger partial charge in [-0.2, -0.15) is 0 Å². The van der Waals surface area contributed by atoms with E-state index in [4.69, 9.17) is 5.73 Å². The van der Waals surface area contributed by atoms with Crippen LogP contribution in [0.2, 0.25) is 0 Å². The first-order valence-corrected chi connectivity index (χ1v) is 8.52. The molecule has 5 nitrogen and oxygen atoms in total. The lowest BCUT2D eigenvalue weighted by atomic mass is 10.1. The quantitative estimate of drug-likeness (QED) is 0.734. The molecular formula is C19H26Cl2N4O. The fourth-order valence-corrected chi connectivity index (χ4v) is 2.99. The third-order valence-electron chi connectivity index (χ3n) is 4.41. The van der Waals surface area contributed by atoms with E-state index in [0.29, 0.717) is 19.4 Å². The molecular weight excluding hydrogens is 371 g/mol. The first kappa shape index (κ1) is 22.1. The van der Waals surface area contributed by atoms with E-state index < -0.39 is 0 Å². The van der Waals surface area contributed by atoms with Crippen molar-refractivity contribution in [1.82, 2.24) is 10.3 Å². The van der Waals surface area contributed by atoms with Gasteiger partial charge < -0.3 is 16.0 Å². The van der Waals surface area contributed by atoms with Crippen molar-refractivity contribution in [2.75, 3.05) is 23.7 Å². The summed E-state index contributed by atoms with van der Waals surface area (Å²) in [5.41, 5.74) is 8.75. The van der Waals surface area contributed by atoms with Crippen molar-refractivity contribution in [3.05, 3.63) is 53.7 Å². The summed E-state index contributed by atoms with van der Waals surface area (Å²) in [6, 6.07) is 11.7. The summed E-state index contributed by atoms with van der Waals surface area (Å²) >= 11 is 0. The van der Waals surface area contributed by atoms with Crippen molar-refractivity contribution < 1.29 is 4.79 Å². The van der Waals surface area contributed by atoms with Crippen molar-refractivity contribution in [2.45, 2.75) is 32.2 Å². The Hall–Kier alpha value is -1.98. The molecule has 0 saturated carbocycles. The number of anilines is 2. The zero-order valence-corrected chi connectivity index (χ0v) is 16.3. The van der Waals surface area contributed by atoms with Gasteiger partial charge in [-0.3, -0.25) is 4.79 Å². The Morgan fingerprint density at radius 1 is 1.15 bits per heavy atom. The maximum absolute atomic E-state index is 12.1. The van der Waals surface area contributed by atoms with Gasteiger partial charge >= 0.3 is 0 Å². The largest absolute Gasteiger partial charge is 0.399 e. The van der Waals surface area contributed by atoms with Crippen LogP contribution in [0.15, 0.2) is 42.6 Å². The molecule has 1 aromatic carbocycles. The third-order valence-corrected chi connectivity index (χ3v) is 4.41. The highest BCUT2D eigenvalue weighted by atomic mass is 35.5. The minimum absolute atomic E-state index is 0. The van der Waals surface area contributed by atoms with Crippen LogP contribution in [-0.4, -0.2) is 24.0 Å². The number of aryl methyl sites for hydroxylation is 1.